The largest absolute Gasteiger partial charge is 0.416 e. The van der Waals surface area contributed by atoms with E-state index in [1.54, 1.807) is 43.3 Å². The van der Waals surface area contributed by atoms with Gasteiger partial charge in [0.15, 0.2) is 0 Å². The second-order valence-corrected chi connectivity index (χ2v) is 7.82. The molecule has 1 aliphatic rings. The van der Waals surface area contributed by atoms with Gasteiger partial charge in [0, 0.05) is 5.56 Å². The van der Waals surface area contributed by atoms with Crippen molar-refractivity contribution < 1.29 is 22.8 Å². The van der Waals surface area contributed by atoms with E-state index in [2.05, 4.69) is 0 Å². The fourth-order valence-corrected chi connectivity index (χ4v) is 3.82. The van der Waals surface area contributed by atoms with Crippen molar-refractivity contribution in [1.29, 1.82) is 0 Å². The number of aryl methyl sites for hydroxylation is 1. The van der Waals surface area contributed by atoms with Crippen LogP contribution in [0.2, 0.25) is 0 Å². The summed E-state index contributed by atoms with van der Waals surface area (Å²) in [5.74, 6) is -0.587. The first-order chi connectivity index (χ1) is 15.2. The number of amides is 2. The molecule has 0 aliphatic carbocycles. The zero-order valence-corrected chi connectivity index (χ0v) is 17.6. The number of nitrogens with zero attached hydrogens (tertiary/aromatic N) is 2. The van der Waals surface area contributed by atoms with Crippen molar-refractivity contribution in [3.63, 3.8) is 0 Å². The third kappa shape index (κ3) is 3.98. The van der Waals surface area contributed by atoms with Crippen LogP contribution in [-0.2, 0) is 17.5 Å². The maximum Gasteiger partial charge on any atom is 0.416 e. The van der Waals surface area contributed by atoms with Gasteiger partial charge >= 0.3 is 6.18 Å². The molecule has 4 rings (SSSR count). The lowest BCUT2D eigenvalue weighted by Crippen LogP contribution is -2.54. The molecule has 1 aliphatic heterocycles. The number of para-hydroxylation sites is 2. The minimum absolute atomic E-state index is 0.102. The zero-order valence-electron chi connectivity index (χ0n) is 17.6. The fraction of sp³-hybridized carbons (Fsp3) is 0.200. The van der Waals surface area contributed by atoms with Crippen molar-refractivity contribution in [1.82, 2.24) is 0 Å². The SMILES string of the molecule is Cc1ccc(C(=O)N2c3ccccc3N(Cc3ccc(C(F)(F)F)cc3)C(=O)[C@@H]2C)cc1. The Morgan fingerprint density at radius 2 is 1.50 bits per heavy atom. The van der Waals surface area contributed by atoms with Crippen LogP contribution in [0.25, 0.3) is 0 Å². The van der Waals surface area contributed by atoms with Gasteiger partial charge in [-0.05, 0) is 55.8 Å². The molecular weight excluding hydrogens is 417 g/mol. The standard InChI is InChI=1S/C25H21F3N2O2/c1-16-7-11-19(12-8-16)24(32)30-17(2)23(31)29(21-5-3-4-6-22(21)30)15-18-9-13-20(14-10-18)25(26,27)28/h3-14,17H,15H2,1-2H3/t17-/m0/s1. The van der Waals surface area contributed by atoms with Crippen LogP contribution in [0.1, 0.15) is 34.0 Å². The number of fused-ring (bicyclic) bond motifs is 1. The Hall–Kier alpha value is -3.61. The molecule has 164 valence electrons. The Morgan fingerprint density at radius 1 is 0.906 bits per heavy atom. The average molecular weight is 438 g/mol. The zero-order chi connectivity index (χ0) is 23.0. The Morgan fingerprint density at radius 3 is 2.09 bits per heavy atom. The van der Waals surface area contributed by atoms with Gasteiger partial charge in [-0.1, -0.05) is 42.0 Å². The van der Waals surface area contributed by atoms with Crippen LogP contribution in [0.3, 0.4) is 0 Å². The summed E-state index contributed by atoms with van der Waals surface area (Å²) in [7, 11) is 0. The predicted octanol–water partition coefficient (Wildman–Crippen LogP) is 5.60. The van der Waals surface area contributed by atoms with Crippen molar-refractivity contribution >= 4 is 23.2 Å². The smallest absolute Gasteiger partial charge is 0.304 e. The molecule has 0 unspecified atom stereocenters. The summed E-state index contributed by atoms with van der Waals surface area (Å²) in [4.78, 5) is 29.5. The molecule has 0 N–H and O–H groups in total. The van der Waals surface area contributed by atoms with Gasteiger partial charge in [-0.2, -0.15) is 13.2 Å². The molecule has 0 saturated heterocycles. The number of hydrogen-bond donors (Lipinski definition) is 0. The Balaban J connectivity index is 1.68. The normalized spacial score (nSPS) is 16.2. The topological polar surface area (TPSA) is 40.6 Å². The average Bonchev–Trinajstić information content (AvgIpc) is 2.77. The van der Waals surface area contributed by atoms with Gasteiger partial charge < -0.3 is 4.90 Å². The molecule has 32 heavy (non-hydrogen) atoms. The van der Waals surface area contributed by atoms with E-state index in [4.69, 9.17) is 0 Å². The third-order valence-electron chi connectivity index (χ3n) is 5.58. The molecule has 2 amide bonds. The number of hydrogen-bond acceptors (Lipinski definition) is 2. The molecule has 0 fully saturated rings. The van der Waals surface area contributed by atoms with Gasteiger partial charge in [0.25, 0.3) is 5.91 Å². The number of rotatable bonds is 3. The predicted molar refractivity (Wildman–Crippen MR) is 117 cm³/mol. The van der Waals surface area contributed by atoms with E-state index in [-0.39, 0.29) is 18.4 Å². The van der Waals surface area contributed by atoms with E-state index in [9.17, 15) is 22.8 Å². The summed E-state index contributed by atoms with van der Waals surface area (Å²) in [6.45, 7) is 3.69. The number of alkyl halides is 3. The monoisotopic (exact) mass is 438 g/mol. The summed E-state index contributed by atoms with van der Waals surface area (Å²) in [5.41, 5.74) is 2.43. The minimum atomic E-state index is -4.42. The van der Waals surface area contributed by atoms with E-state index >= 15 is 0 Å². The highest BCUT2D eigenvalue weighted by Gasteiger charge is 2.39. The molecular formula is C25H21F3N2O2. The highest BCUT2D eigenvalue weighted by Crippen LogP contribution is 2.38. The maximum absolute atomic E-state index is 13.3. The quantitative estimate of drug-likeness (QED) is 0.534. The van der Waals surface area contributed by atoms with Gasteiger partial charge in [0.05, 0.1) is 23.5 Å². The summed E-state index contributed by atoms with van der Waals surface area (Å²) >= 11 is 0. The van der Waals surface area contributed by atoms with Crippen molar-refractivity contribution in [3.05, 3.63) is 95.1 Å². The van der Waals surface area contributed by atoms with E-state index < -0.39 is 17.8 Å². The molecule has 0 aromatic heterocycles. The highest BCUT2D eigenvalue weighted by atomic mass is 19.4. The molecule has 3 aromatic rings. The molecule has 0 bridgehead atoms. The highest BCUT2D eigenvalue weighted by molar-refractivity contribution is 6.17. The van der Waals surface area contributed by atoms with Crippen molar-refractivity contribution in [3.8, 4) is 0 Å². The second-order valence-electron chi connectivity index (χ2n) is 7.82. The fourth-order valence-electron chi connectivity index (χ4n) is 3.82. The van der Waals surface area contributed by atoms with Crippen LogP contribution in [0, 0.1) is 6.92 Å². The molecule has 1 heterocycles. The maximum atomic E-state index is 13.3. The van der Waals surface area contributed by atoms with Crippen LogP contribution in [-0.4, -0.2) is 17.9 Å². The van der Waals surface area contributed by atoms with E-state index in [0.717, 1.165) is 17.7 Å². The van der Waals surface area contributed by atoms with E-state index in [0.29, 0.717) is 22.5 Å². The lowest BCUT2D eigenvalue weighted by molar-refractivity contribution is -0.137. The molecule has 0 spiro atoms. The van der Waals surface area contributed by atoms with Crippen LogP contribution >= 0.6 is 0 Å². The molecule has 0 radical (unpaired) electrons. The van der Waals surface area contributed by atoms with Gasteiger partial charge in [-0.15, -0.1) is 0 Å². The first-order valence-electron chi connectivity index (χ1n) is 10.1. The first kappa shape index (κ1) is 21.6. The Labute approximate surface area is 183 Å². The second kappa shape index (κ2) is 8.15. The Kier molecular flexibility index (Phi) is 5.50. The van der Waals surface area contributed by atoms with Gasteiger partial charge in [-0.3, -0.25) is 14.5 Å². The summed E-state index contributed by atoms with van der Waals surface area (Å²) in [6, 6.07) is 18.2. The van der Waals surface area contributed by atoms with Crippen molar-refractivity contribution in [2.45, 2.75) is 32.6 Å². The summed E-state index contributed by atoms with van der Waals surface area (Å²) < 4.78 is 38.6. The summed E-state index contributed by atoms with van der Waals surface area (Å²) in [5, 5.41) is 0. The Bertz CT molecular complexity index is 1160. The van der Waals surface area contributed by atoms with Crippen molar-refractivity contribution in [2.75, 3.05) is 9.80 Å². The lowest BCUT2D eigenvalue weighted by Gasteiger charge is -2.40. The van der Waals surface area contributed by atoms with Gasteiger partial charge in [-0.25, -0.2) is 0 Å². The van der Waals surface area contributed by atoms with Crippen LogP contribution in [0.15, 0.2) is 72.8 Å². The third-order valence-corrected chi connectivity index (χ3v) is 5.58. The molecule has 7 heteroatoms. The first-order valence-corrected chi connectivity index (χ1v) is 10.1. The number of anilines is 2. The van der Waals surface area contributed by atoms with E-state index in [1.165, 1.54) is 21.9 Å². The van der Waals surface area contributed by atoms with Crippen molar-refractivity contribution in [2.24, 2.45) is 0 Å². The van der Waals surface area contributed by atoms with Crippen LogP contribution in [0.4, 0.5) is 24.5 Å². The van der Waals surface area contributed by atoms with Crippen LogP contribution < -0.4 is 9.80 Å². The molecule has 0 saturated carbocycles. The van der Waals surface area contributed by atoms with Gasteiger partial charge in [0.2, 0.25) is 5.91 Å². The molecule has 3 aromatic carbocycles. The summed E-state index contributed by atoms with van der Waals surface area (Å²) in [6.07, 6.45) is -4.42. The number of carbonyl (C=O) groups is 2. The van der Waals surface area contributed by atoms with Crippen LogP contribution in [0.5, 0.6) is 0 Å². The molecule has 1 atom stereocenters. The number of benzene rings is 3. The number of halogens is 3. The molecule has 4 nitrogen and oxygen atoms in total. The minimum Gasteiger partial charge on any atom is -0.304 e. The van der Waals surface area contributed by atoms with E-state index in [1.807, 2.05) is 19.1 Å². The van der Waals surface area contributed by atoms with Gasteiger partial charge in [0.1, 0.15) is 6.04 Å². The lowest BCUT2D eigenvalue weighted by atomic mass is 10.0. The number of carbonyl (C=O) groups excluding carboxylic acids is 2.